The van der Waals surface area contributed by atoms with Crippen LogP contribution in [0.15, 0.2) is 42.5 Å². The van der Waals surface area contributed by atoms with Gasteiger partial charge in [0.2, 0.25) is 0 Å². The third-order valence-electron chi connectivity index (χ3n) is 2.81. The molecule has 20 heavy (non-hydrogen) atoms. The number of carbonyl (C=O) groups is 1. The predicted octanol–water partition coefficient (Wildman–Crippen LogP) is 4.98. The number of para-hydroxylation sites is 1. The molecule has 5 heteroatoms. The van der Waals surface area contributed by atoms with Crippen LogP contribution in [0, 0.1) is 9.39 Å². The maximum absolute atomic E-state index is 13.1. The number of hydrogen-bond donors (Lipinski definition) is 1. The van der Waals surface area contributed by atoms with Crippen LogP contribution in [-0.2, 0) is 0 Å². The van der Waals surface area contributed by atoms with Gasteiger partial charge in [-0.05, 0) is 59.3 Å². The molecule has 0 bridgehead atoms. The average Bonchev–Trinajstić information content (AvgIpc) is 2.38. The van der Waals surface area contributed by atoms with Gasteiger partial charge < -0.3 is 5.32 Å². The Balaban J connectivity index is 2.28. The number of anilines is 1. The molecule has 0 fully saturated rings. The van der Waals surface area contributed by atoms with E-state index >= 15 is 0 Å². The summed E-state index contributed by atoms with van der Waals surface area (Å²) in [5.41, 5.74) is 1.95. The van der Waals surface area contributed by atoms with Gasteiger partial charge in [-0.25, -0.2) is 4.39 Å². The van der Waals surface area contributed by atoms with Crippen molar-refractivity contribution >= 4 is 45.8 Å². The molecule has 2 aromatic rings. The van der Waals surface area contributed by atoms with E-state index in [1.807, 2.05) is 47.7 Å². The lowest BCUT2D eigenvalue weighted by Crippen LogP contribution is -2.15. The molecule has 0 saturated heterocycles. The molecular formula is C15H12ClFINO. The molecule has 2 rings (SSSR count). The molecule has 0 saturated carbocycles. The standard InChI is InChI=1S/C15H12ClFINO/c1-9(16)11-4-2-3-5-14(11)19-15(20)12-7-6-10(17)8-13(12)18/h2-9H,1H3,(H,19,20). The van der Waals surface area contributed by atoms with Gasteiger partial charge in [0.1, 0.15) is 5.82 Å². The molecule has 1 N–H and O–H groups in total. The third kappa shape index (κ3) is 3.49. The highest BCUT2D eigenvalue weighted by atomic mass is 127. The van der Waals surface area contributed by atoms with Gasteiger partial charge in [0.05, 0.1) is 10.9 Å². The van der Waals surface area contributed by atoms with E-state index in [1.54, 1.807) is 6.07 Å². The van der Waals surface area contributed by atoms with Crippen LogP contribution in [0.2, 0.25) is 0 Å². The summed E-state index contributed by atoms with van der Waals surface area (Å²) in [6, 6.07) is 11.4. The Hall–Kier alpha value is -1.14. The minimum absolute atomic E-state index is 0.209. The molecule has 2 nitrogen and oxygen atoms in total. The van der Waals surface area contributed by atoms with Crippen LogP contribution in [0.1, 0.15) is 28.2 Å². The van der Waals surface area contributed by atoms with Crippen molar-refractivity contribution in [2.24, 2.45) is 0 Å². The number of halogens is 3. The first-order valence-electron chi connectivity index (χ1n) is 5.98. The summed E-state index contributed by atoms with van der Waals surface area (Å²) in [4.78, 5) is 12.2. The highest BCUT2D eigenvalue weighted by Gasteiger charge is 2.14. The fourth-order valence-corrected chi connectivity index (χ4v) is 2.73. The molecule has 0 aliphatic carbocycles. The van der Waals surface area contributed by atoms with Gasteiger partial charge in [-0.15, -0.1) is 11.6 Å². The second kappa shape index (κ2) is 6.54. The summed E-state index contributed by atoms with van der Waals surface area (Å²) in [5, 5.41) is 2.61. The third-order valence-corrected chi connectivity index (χ3v) is 3.94. The van der Waals surface area contributed by atoms with Crippen molar-refractivity contribution in [2.45, 2.75) is 12.3 Å². The molecule has 0 aromatic heterocycles. The van der Waals surface area contributed by atoms with Crippen molar-refractivity contribution in [3.63, 3.8) is 0 Å². The van der Waals surface area contributed by atoms with E-state index in [1.165, 1.54) is 18.2 Å². The van der Waals surface area contributed by atoms with Gasteiger partial charge in [0.15, 0.2) is 0 Å². The van der Waals surface area contributed by atoms with Crippen LogP contribution in [0.5, 0.6) is 0 Å². The molecule has 2 aromatic carbocycles. The number of rotatable bonds is 3. The zero-order valence-electron chi connectivity index (χ0n) is 10.7. The first-order chi connectivity index (χ1) is 9.49. The zero-order chi connectivity index (χ0) is 14.7. The molecule has 0 heterocycles. The van der Waals surface area contributed by atoms with Gasteiger partial charge in [0, 0.05) is 9.26 Å². The van der Waals surface area contributed by atoms with Gasteiger partial charge >= 0.3 is 0 Å². The molecule has 1 amide bonds. The molecule has 0 spiro atoms. The maximum Gasteiger partial charge on any atom is 0.256 e. The quantitative estimate of drug-likeness (QED) is 0.568. The molecule has 104 valence electrons. The van der Waals surface area contributed by atoms with Crippen LogP contribution in [0.4, 0.5) is 10.1 Å². The van der Waals surface area contributed by atoms with Gasteiger partial charge in [0.25, 0.3) is 5.91 Å². The van der Waals surface area contributed by atoms with Crippen LogP contribution < -0.4 is 5.32 Å². The SMILES string of the molecule is CC(Cl)c1ccccc1NC(=O)c1ccc(F)cc1I. The van der Waals surface area contributed by atoms with Crippen molar-refractivity contribution in [2.75, 3.05) is 5.32 Å². The van der Waals surface area contributed by atoms with E-state index in [9.17, 15) is 9.18 Å². The summed E-state index contributed by atoms with van der Waals surface area (Å²) in [5.74, 6) is -0.639. The van der Waals surface area contributed by atoms with E-state index in [0.717, 1.165) is 5.56 Å². The lowest BCUT2D eigenvalue weighted by molar-refractivity contribution is 0.102. The number of alkyl halides is 1. The normalized spacial score (nSPS) is 12.0. The van der Waals surface area contributed by atoms with Crippen molar-refractivity contribution < 1.29 is 9.18 Å². The van der Waals surface area contributed by atoms with E-state index in [4.69, 9.17) is 11.6 Å². The number of benzene rings is 2. The molecular weight excluding hydrogens is 392 g/mol. The van der Waals surface area contributed by atoms with E-state index in [0.29, 0.717) is 14.8 Å². The monoisotopic (exact) mass is 403 g/mol. The second-order valence-corrected chi connectivity index (χ2v) is 6.10. The largest absolute Gasteiger partial charge is 0.322 e. The molecule has 0 radical (unpaired) electrons. The highest BCUT2D eigenvalue weighted by molar-refractivity contribution is 14.1. The smallest absolute Gasteiger partial charge is 0.256 e. The zero-order valence-corrected chi connectivity index (χ0v) is 13.6. The first-order valence-corrected chi connectivity index (χ1v) is 7.50. The number of nitrogens with one attached hydrogen (secondary N) is 1. The van der Waals surface area contributed by atoms with Crippen LogP contribution in [-0.4, -0.2) is 5.91 Å². The Morgan fingerprint density at radius 2 is 2.00 bits per heavy atom. The maximum atomic E-state index is 13.1. The van der Waals surface area contributed by atoms with Gasteiger partial charge in [-0.2, -0.15) is 0 Å². The van der Waals surface area contributed by atoms with Crippen molar-refractivity contribution in [3.05, 3.63) is 63.0 Å². The number of carbonyl (C=O) groups excluding carboxylic acids is 1. The van der Waals surface area contributed by atoms with Crippen LogP contribution in [0.25, 0.3) is 0 Å². The van der Waals surface area contributed by atoms with Crippen LogP contribution in [0.3, 0.4) is 0 Å². The Kier molecular flexibility index (Phi) is 4.99. The number of hydrogen-bond acceptors (Lipinski definition) is 1. The minimum atomic E-state index is -0.360. The second-order valence-electron chi connectivity index (χ2n) is 4.28. The Labute approximate surface area is 135 Å². The summed E-state index contributed by atoms with van der Waals surface area (Å²) in [7, 11) is 0. The Morgan fingerprint density at radius 1 is 1.30 bits per heavy atom. The summed E-state index contributed by atoms with van der Waals surface area (Å²) >= 11 is 8.03. The van der Waals surface area contributed by atoms with Gasteiger partial charge in [-0.3, -0.25) is 4.79 Å². The molecule has 0 aliphatic heterocycles. The fourth-order valence-electron chi connectivity index (χ4n) is 1.82. The van der Waals surface area contributed by atoms with Crippen molar-refractivity contribution in [1.29, 1.82) is 0 Å². The fraction of sp³-hybridized carbons (Fsp3) is 0.133. The Morgan fingerprint density at radius 3 is 2.65 bits per heavy atom. The highest BCUT2D eigenvalue weighted by Crippen LogP contribution is 2.27. The number of amides is 1. The average molecular weight is 404 g/mol. The summed E-state index contributed by atoms with van der Waals surface area (Å²) in [6.45, 7) is 1.84. The summed E-state index contributed by atoms with van der Waals surface area (Å²) in [6.07, 6.45) is 0. The summed E-state index contributed by atoms with van der Waals surface area (Å²) < 4.78 is 13.6. The predicted molar refractivity (Wildman–Crippen MR) is 87.8 cm³/mol. The van der Waals surface area contributed by atoms with Crippen molar-refractivity contribution in [1.82, 2.24) is 0 Å². The molecule has 1 atom stereocenters. The van der Waals surface area contributed by atoms with E-state index in [-0.39, 0.29) is 17.1 Å². The van der Waals surface area contributed by atoms with Crippen LogP contribution >= 0.6 is 34.2 Å². The lowest BCUT2D eigenvalue weighted by atomic mass is 10.1. The topological polar surface area (TPSA) is 29.1 Å². The molecule has 1 unspecified atom stereocenters. The van der Waals surface area contributed by atoms with E-state index in [2.05, 4.69) is 5.32 Å². The van der Waals surface area contributed by atoms with Gasteiger partial charge in [-0.1, -0.05) is 18.2 Å². The van der Waals surface area contributed by atoms with Crippen molar-refractivity contribution in [3.8, 4) is 0 Å². The van der Waals surface area contributed by atoms with E-state index < -0.39 is 0 Å². The minimum Gasteiger partial charge on any atom is -0.322 e. The first kappa shape index (κ1) is 15.3. The molecule has 0 aliphatic rings. The lowest BCUT2D eigenvalue weighted by Gasteiger charge is -2.13. The Bertz CT molecular complexity index is 646.